The van der Waals surface area contributed by atoms with Crippen LogP contribution in [0.4, 0.5) is 11.4 Å². The standard InChI is InChI=1S/C13H10N2O3/c1-8-9(2)13(18)15(12(8)17)11-5-3-10(4-6-11)14-7-16/h3-6H,1-2H3. The number of benzene rings is 1. The smallest absolute Gasteiger partial charge is 0.261 e. The van der Waals surface area contributed by atoms with E-state index < -0.39 is 0 Å². The summed E-state index contributed by atoms with van der Waals surface area (Å²) in [5.74, 6) is -0.631. The summed E-state index contributed by atoms with van der Waals surface area (Å²) in [4.78, 5) is 38.4. The summed E-state index contributed by atoms with van der Waals surface area (Å²) < 4.78 is 0. The number of amides is 2. The summed E-state index contributed by atoms with van der Waals surface area (Å²) >= 11 is 0. The highest BCUT2D eigenvalue weighted by Gasteiger charge is 2.34. The quantitative estimate of drug-likeness (QED) is 0.451. The second-order valence-corrected chi connectivity index (χ2v) is 3.92. The van der Waals surface area contributed by atoms with Crippen LogP contribution < -0.4 is 4.90 Å². The monoisotopic (exact) mass is 242 g/mol. The molecule has 0 N–H and O–H groups in total. The van der Waals surface area contributed by atoms with Gasteiger partial charge < -0.3 is 0 Å². The number of isocyanates is 1. The van der Waals surface area contributed by atoms with Gasteiger partial charge in [-0.15, -0.1) is 0 Å². The van der Waals surface area contributed by atoms with E-state index in [4.69, 9.17) is 0 Å². The third-order valence-electron chi connectivity index (χ3n) is 2.89. The van der Waals surface area contributed by atoms with Crippen LogP contribution in [-0.2, 0) is 14.4 Å². The first-order valence-corrected chi connectivity index (χ1v) is 5.30. The summed E-state index contributed by atoms with van der Waals surface area (Å²) in [5, 5.41) is 0. The number of carbonyl (C=O) groups excluding carboxylic acids is 3. The van der Waals surface area contributed by atoms with Gasteiger partial charge in [0, 0.05) is 11.1 Å². The van der Waals surface area contributed by atoms with Gasteiger partial charge in [-0.1, -0.05) is 0 Å². The molecule has 1 aliphatic rings. The molecule has 1 heterocycles. The molecule has 0 radical (unpaired) electrons. The van der Waals surface area contributed by atoms with E-state index >= 15 is 0 Å². The zero-order chi connectivity index (χ0) is 13.3. The number of carbonyl (C=O) groups is 2. The lowest BCUT2D eigenvalue weighted by Gasteiger charge is -2.14. The lowest BCUT2D eigenvalue weighted by molar-refractivity contribution is -0.120. The van der Waals surface area contributed by atoms with Crippen LogP contribution in [0, 0.1) is 0 Å². The first-order valence-electron chi connectivity index (χ1n) is 5.30. The molecule has 5 nitrogen and oxygen atoms in total. The van der Waals surface area contributed by atoms with E-state index in [2.05, 4.69) is 4.99 Å². The van der Waals surface area contributed by atoms with Gasteiger partial charge in [0.1, 0.15) is 0 Å². The van der Waals surface area contributed by atoms with Gasteiger partial charge in [-0.3, -0.25) is 9.59 Å². The van der Waals surface area contributed by atoms with Crippen molar-refractivity contribution in [3.05, 3.63) is 35.4 Å². The second-order valence-electron chi connectivity index (χ2n) is 3.92. The van der Waals surface area contributed by atoms with E-state index in [-0.39, 0.29) is 11.8 Å². The van der Waals surface area contributed by atoms with Crippen LogP contribution in [0.25, 0.3) is 0 Å². The van der Waals surface area contributed by atoms with Crippen LogP contribution in [-0.4, -0.2) is 17.9 Å². The largest absolute Gasteiger partial charge is 0.269 e. The molecule has 0 aliphatic carbocycles. The molecule has 0 bridgehead atoms. The molecule has 5 heteroatoms. The minimum atomic E-state index is -0.316. The summed E-state index contributed by atoms with van der Waals surface area (Å²) in [6.07, 6.45) is 1.42. The lowest BCUT2D eigenvalue weighted by atomic mass is 10.2. The number of aliphatic imine (C=N–C) groups is 1. The van der Waals surface area contributed by atoms with E-state index in [1.54, 1.807) is 38.1 Å². The molecule has 1 aliphatic heterocycles. The molecule has 0 saturated carbocycles. The van der Waals surface area contributed by atoms with Crippen molar-refractivity contribution in [2.75, 3.05) is 4.90 Å². The van der Waals surface area contributed by atoms with Gasteiger partial charge in [-0.25, -0.2) is 9.69 Å². The minimum Gasteiger partial charge on any atom is -0.269 e. The van der Waals surface area contributed by atoms with Crippen molar-refractivity contribution in [1.29, 1.82) is 0 Å². The topological polar surface area (TPSA) is 66.8 Å². The normalized spacial score (nSPS) is 15.1. The Morgan fingerprint density at radius 2 is 1.50 bits per heavy atom. The average Bonchev–Trinajstić information content (AvgIpc) is 2.56. The van der Waals surface area contributed by atoms with Gasteiger partial charge >= 0.3 is 0 Å². The van der Waals surface area contributed by atoms with Crippen LogP contribution in [0.15, 0.2) is 40.4 Å². The van der Waals surface area contributed by atoms with Crippen LogP contribution in [0.3, 0.4) is 0 Å². The van der Waals surface area contributed by atoms with Gasteiger partial charge in [-0.05, 0) is 38.1 Å². The van der Waals surface area contributed by atoms with Crippen molar-refractivity contribution < 1.29 is 14.4 Å². The zero-order valence-corrected chi connectivity index (χ0v) is 9.93. The Bertz CT molecular complexity index is 584. The Labute approximate surface area is 103 Å². The minimum absolute atomic E-state index is 0.316. The predicted molar refractivity (Wildman–Crippen MR) is 65.1 cm³/mol. The number of anilines is 1. The predicted octanol–water partition coefficient (Wildman–Crippen LogP) is 1.86. The molecular formula is C13H10N2O3. The molecule has 0 atom stereocenters. The third kappa shape index (κ3) is 1.77. The maximum atomic E-state index is 11.9. The van der Waals surface area contributed by atoms with Gasteiger partial charge in [0.25, 0.3) is 11.8 Å². The highest BCUT2D eigenvalue weighted by atomic mass is 16.2. The van der Waals surface area contributed by atoms with Gasteiger partial charge in [-0.2, -0.15) is 4.99 Å². The number of imide groups is 1. The van der Waals surface area contributed by atoms with E-state index in [1.165, 1.54) is 6.08 Å². The van der Waals surface area contributed by atoms with Gasteiger partial charge in [0.05, 0.1) is 11.4 Å². The fourth-order valence-electron chi connectivity index (χ4n) is 1.71. The summed E-state index contributed by atoms with van der Waals surface area (Å²) in [7, 11) is 0. The summed E-state index contributed by atoms with van der Waals surface area (Å²) in [6.45, 7) is 3.25. The molecule has 0 unspecified atom stereocenters. The Kier molecular flexibility index (Phi) is 2.92. The molecule has 0 saturated heterocycles. The highest BCUT2D eigenvalue weighted by Crippen LogP contribution is 2.27. The lowest BCUT2D eigenvalue weighted by Crippen LogP contribution is -2.31. The zero-order valence-electron chi connectivity index (χ0n) is 9.93. The van der Waals surface area contributed by atoms with E-state index in [1.807, 2.05) is 0 Å². The summed E-state index contributed by atoms with van der Waals surface area (Å²) in [6, 6.07) is 6.23. The van der Waals surface area contributed by atoms with Crippen LogP contribution in [0.1, 0.15) is 13.8 Å². The van der Waals surface area contributed by atoms with Crippen LogP contribution in [0.5, 0.6) is 0 Å². The number of hydrogen-bond acceptors (Lipinski definition) is 4. The van der Waals surface area contributed by atoms with Crippen molar-refractivity contribution in [1.82, 2.24) is 0 Å². The van der Waals surface area contributed by atoms with E-state index in [9.17, 15) is 14.4 Å². The van der Waals surface area contributed by atoms with Gasteiger partial charge in [0.15, 0.2) is 0 Å². The van der Waals surface area contributed by atoms with Crippen LogP contribution in [0.2, 0.25) is 0 Å². The van der Waals surface area contributed by atoms with Gasteiger partial charge in [0.2, 0.25) is 6.08 Å². The maximum absolute atomic E-state index is 11.9. The first-order chi connectivity index (χ1) is 8.56. The van der Waals surface area contributed by atoms with E-state index in [0.717, 1.165) is 4.90 Å². The molecule has 0 fully saturated rings. The molecule has 2 rings (SSSR count). The molecule has 18 heavy (non-hydrogen) atoms. The maximum Gasteiger partial charge on any atom is 0.261 e. The molecule has 0 spiro atoms. The Morgan fingerprint density at radius 3 is 1.94 bits per heavy atom. The molecule has 0 aromatic heterocycles. The fraction of sp³-hybridized carbons (Fsp3) is 0.154. The molecule has 2 amide bonds. The van der Waals surface area contributed by atoms with E-state index in [0.29, 0.717) is 22.5 Å². The van der Waals surface area contributed by atoms with Crippen molar-refractivity contribution in [3.63, 3.8) is 0 Å². The average molecular weight is 242 g/mol. The van der Waals surface area contributed by atoms with Crippen molar-refractivity contribution >= 4 is 29.3 Å². The fourth-order valence-corrected chi connectivity index (χ4v) is 1.71. The van der Waals surface area contributed by atoms with Crippen molar-refractivity contribution in [2.45, 2.75) is 13.8 Å². The Hall–Kier alpha value is -2.52. The molecule has 1 aromatic rings. The highest BCUT2D eigenvalue weighted by molar-refractivity contribution is 6.32. The number of hydrogen-bond donors (Lipinski definition) is 0. The molecular weight excluding hydrogens is 232 g/mol. The number of rotatable bonds is 2. The SMILES string of the molecule is CC1=C(C)C(=O)N(c2ccc(N=C=O)cc2)C1=O. The third-order valence-corrected chi connectivity index (χ3v) is 2.89. The van der Waals surface area contributed by atoms with Crippen molar-refractivity contribution in [2.24, 2.45) is 4.99 Å². The summed E-state index contributed by atoms with van der Waals surface area (Å²) in [5.41, 5.74) is 1.80. The van der Waals surface area contributed by atoms with Crippen molar-refractivity contribution in [3.8, 4) is 0 Å². The molecule has 1 aromatic carbocycles. The van der Waals surface area contributed by atoms with Crippen LogP contribution >= 0.6 is 0 Å². The molecule has 90 valence electrons. The second kappa shape index (κ2) is 4.39. The Morgan fingerprint density at radius 1 is 1.00 bits per heavy atom. The Balaban J connectivity index is 2.37. The number of nitrogens with zero attached hydrogens (tertiary/aromatic N) is 2. The first kappa shape index (κ1) is 12.0.